The first kappa shape index (κ1) is 15.9. The van der Waals surface area contributed by atoms with Crippen molar-refractivity contribution < 1.29 is 9.47 Å². The van der Waals surface area contributed by atoms with Gasteiger partial charge >= 0.3 is 0 Å². The zero-order chi connectivity index (χ0) is 12.6. The van der Waals surface area contributed by atoms with Crippen LogP contribution in [0.2, 0.25) is 0 Å². The average Bonchev–Trinajstić information content (AvgIpc) is 2.32. The molecule has 98 valence electrons. The number of nitrogens with one attached hydrogen (secondary N) is 1. The van der Waals surface area contributed by atoms with Crippen LogP contribution in [0.25, 0.3) is 0 Å². The van der Waals surface area contributed by atoms with Crippen molar-refractivity contribution in [2.45, 2.75) is 52.2 Å². The number of ether oxygens (including phenoxy) is 2. The molecule has 0 amide bonds. The highest BCUT2D eigenvalue weighted by Gasteiger charge is 2.35. The lowest BCUT2D eigenvalue weighted by Gasteiger charge is -2.40. The molecule has 16 heavy (non-hydrogen) atoms. The summed E-state index contributed by atoms with van der Waals surface area (Å²) in [5.74, 6) is 0.546. The summed E-state index contributed by atoms with van der Waals surface area (Å²) in [5.41, 5.74) is -0.0941. The molecule has 0 aliphatic heterocycles. The highest BCUT2D eigenvalue weighted by molar-refractivity contribution is 4.91. The van der Waals surface area contributed by atoms with Gasteiger partial charge in [0, 0.05) is 26.9 Å². The number of hydrogen-bond acceptors (Lipinski definition) is 3. The van der Waals surface area contributed by atoms with Gasteiger partial charge in [-0.3, -0.25) is 0 Å². The zero-order valence-electron chi connectivity index (χ0n) is 11.8. The molecule has 0 aliphatic carbocycles. The summed E-state index contributed by atoms with van der Waals surface area (Å²) in [4.78, 5) is 0. The fraction of sp³-hybridized carbons (Fsp3) is 1.00. The third-order valence-corrected chi connectivity index (χ3v) is 3.60. The molecule has 0 spiro atoms. The van der Waals surface area contributed by atoms with Crippen LogP contribution in [0.3, 0.4) is 0 Å². The lowest BCUT2D eigenvalue weighted by molar-refractivity contribution is -0.0458. The molecule has 0 aliphatic rings. The van der Waals surface area contributed by atoms with Gasteiger partial charge in [-0.15, -0.1) is 0 Å². The third kappa shape index (κ3) is 4.40. The van der Waals surface area contributed by atoms with Gasteiger partial charge in [-0.2, -0.15) is 0 Å². The van der Waals surface area contributed by atoms with Gasteiger partial charge in [-0.1, -0.05) is 20.8 Å². The maximum absolute atomic E-state index is 5.70. The number of methoxy groups -OCH3 is 2. The first-order valence-corrected chi connectivity index (χ1v) is 6.33. The quantitative estimate of drug-likeness (QED) is 0.661. The lowest BCUT2D eigenvalue weighted by atomic mass is 9.83. The fourth-order valence-corrected chi connectivity index (χ4v) is 2.20. The van der Waals surface area contributed by atoms with E-state index in [1.54, 1.807) is 14.2 Å². The second-order valence-electron chi connectivity index (χ2n) is 4.66. The van der Waals surface area contributed by atoms with Crippen molar-refractivity contribution in [2.75, 3.05) is 27.4 Å². The molecule has 0 radical (unpaired) electrons. The van der Waals surface area contributed by atoms with E-state index in [1.165, 1.54) is 0 Å². The molecule has 3 unspecified atom stereocenters. The van der Waals surface area contributed by atoms with E-state index in [-0.39, 0.29) is 5.60 Å². The van der Waals surface area contributed by atoms with Gasteiger partial charge in [0.2, 0.25) is 0 Å². The van der Waals surface area contributed by atoms with Crippen molar-refractivity contribution in [1.29, 1.82) is 0 Å². The van der Waals surface area contributed by atoms with Gasteiger partial charge in [0.05, 0.1) is 5.60 Å². The normalized spacial score (nSPS) is 19.1. The van der Waals surface area contributed by atoms with Crippen LogP contribution in [-0.2, 0) is 9.47 Å². The van der Waals surface area contributed by atoms with Crippen LogP contribution in [0, 0.1) is 5.92 Å². The van der Waals surface area contributed by atoms with Crippen LogP contribution in [0.1, 0.15) is 40.5 Å². The van der Waals surface area contributed by atoms with Crippen molar-refractivity contribution in [3.63, 3.8) is 0 Å². The highest BCUT2D eigenvalue weighted by Crippen LogP contribution is 2.26. The van der Waals surface area contributed by atoms with Gasteiger partial charge in [0.1, 0.15) is 0 Å². The van der Waals surface area contributed by atoms with Gasteiger partial charge in [-0.25, -0.2) is 0 Å². The summed E-state index contributed by atoms with van der Waals surface area (Å²) in [6.07, 6.45) is 2.08. The molecule has 0 saturated heterocycles. The van der Waals surface area contributed by atoms with Gasteiger partial charge < -0.3 is 14.8 Å². The van der Waals surface area contributed by atoms with Gasteiger partial charge in [0.15, 0.2) is 0 Å². The molecule has 1 N–H and O–H groups in total. The Morgan fingerprint density at radius 3 is 2.25 bits per heavy atom. The molecule has 0 aromatic carbocycles. The predicted molar refractivity (Wildman–Crippen MR) is 68.8 cm³/mol. The van der Waals surface area contributed by atoms with Gasteiger partial charge in [-0.05, 0) is 32.2 Å². The zero-order valence-corrected chi connectivity index (χ0v) is 11.8. The average molecular weight is 231 g/mol. The Bertz CT molecular complexity index is 169. The van der Waals surface area contributed by atoms with E-state index >= 15 is 0 Å². The van der Waals surface area contributed by atoms with Gasteiger partial charge in [0.25, 0.3) is 0 Å². The van der Waals surface area contributed by atoms with E-state index in [0.29, 0.717) is 12.0 Å². The summed E-state index contributed by atoms with van der Waals surface area (Å²) in [5, 5.41) is 3.55. The van der Waals surface area contributed by atoms with Crippen molar-refractivity contribution in [2.24, 2.45) is 5.92 Å². The summed E-state index contributed by atoms with van der Waals surface area (Å²) < 4.78 is 10.9. The van der Waals surface area contributed by atoms with Crippen molar-refractivity contribution in [3.05, 3.63) is 0 Å². The summed E-state index contributed by atoms with van der Waals surface area (Å²) in [6, 6.07) is 0.377. The van der Waals surface area contributed by atoms with Crippen molar-refractivity contribution >= 4 is 0 Å². The summed E-state index contributed by atoms with van der Waals surface area (Å²) in [6.45, 7) is 10.6. The second-order valence-corrected chi connectivity index (χ2v) is 4.66. The smallest absolute Gasteiger partial charge is 0.0802 e. The first-order valence-electron chi connectivity index (χ1n) is 6.33. The predicted octanol–water partition coefficient (Wildman–Crippen LogP) is 2.45. The molecular weight excluding hydrogens is 202 g/mol. The molecule has 0 aromatic heterocycles. The molecule has 3 nitrogen and oxygen atoms in total. The maximum Gasteiger partial charge on any atom is 0.0802 e. The molecule has 0 saturated carbocycles. The van der Waals surface area contributed by atoms with Crippen LogP contribution >= 0.6 is 0 Å². The monoisotopic (exact) mass is 231 g/mol. The van der Waals surface area contributed by atoms with Crippen LogP contribution in [0.4, 0.5) is 0 Å². The maximum atomic E-state index is 5.70. The largest absolute Gasteiger partial charge is 0.385 e. The second kappa shape index (κ2) is 8.04. The van der Waals surface area contributed by atoms with Crippen LogP contribution in [0.15, 0.2) is 0 Å². The fourth-order valence-electron chi connectivity index (χ4n) is 2.20. The molecule has 3 heteroatoms. The molecule has 0 bridgehead atoms. The SMILES string of the molecule is CCNC(C(C)CCOC)C(C)(CC)OC. The van der Waals surface area contributed by atoms with Crippen LogP contribution < -0.4 is 5.32 Å². The molecule has 0 heterocycles. The van der Waals surface area contributed by atoms with Crippen molar-refractivity contribution in [1.82, 2.24) is 5.32 Å². The Morgan fingerprint density at radius 2 is 1.88 bits per heavy atom. The Balaban J connectivity index is 4.55. The van der Waals surface area contributed by atoms with E-state index in [1.807, 2.05) is 0 Å². The van der Waals surface area contributed by atoms with E-state index in [4.69, 9.17) is 9.47 Å². The molecule has 0 rings (SSSR count). The summed E-state index contributed by atoms with van der Waals surface area (Å²) in [7, 11) is 3.56. The van der Waals surface area contributed by atoms with Crippen LogP contribution in [-0.4, -0.2) is 39.0 Å². The summed E-state index contributed by atoms with van der Waals surface area (Å²) >= 11 is 0. The minimum Gasteiger partial charge on any atom is -0.385 e. The number of likely N-dealkylation sites (N-methyl/N-ethyl adjacent to an activating group) is 1. The Hall–Kier alpha value is -0.120. The van der Waals surface area contributed by atoms with E-state index in [2.05, 4.69) is 33.0 Å². The van der Waals surface area contributed by atoms with Crippen LogP contribution in [0.5, 0.6) is 0 Å². The highest BCUT2D eigenvalue weighted by atomic mass is 16.5. The lowest BCUT2D eigenvalue weighted by Crippen LogP contribution is -2.53. The molecular formula is C13H29NO2. The first-order chi connectivity index (χ1) is 7.55. The Kier molecular flexibility index (Phi) is 7.98. The minimum absolute atomic E-state index is 0.0941. The Labute approximate surface area is 101 Å². The number of rotatable bonds is 9. The van der Waals surface area contributed by atoms with Crippen molar-refractivity contribution in [3.8, 4) is 0 Å². The molecule has 0 aromatic rings. The van der Waals surface area contributed by atoms with E-state index < -0.39 is 0 Å². The molecule has 0 fully saturated rings. The van der Waals surface area contributed by atoms with E-state index in [9.17, 15) is 0 Å². The third-order valence-electron chi connectivity index (χ3n) is 3.60. The van der Waals surface area contributed by atoms with E-state index in [0.717, 1.165) is 26.0 Å². The molecule has 3 atom stereocenters. The minimum atomic E-state index is -0.0941. The number of hydrogen-bond donors (Lipinski definition) is 1. The standard InChI is InChI=1S/C13H29NO2/c1-7-13(4,16-6)12(14-8-2)11(3)9-10-15-5/h11-12,14H,7-10H2,1-6H3. The Morgan fingerprint density at radius 1 is 1.25 bits per heavy atom. The topological polar surface area (TPSA) is 30.5 Å².